The van der Waals surface area contributed by atoms with Crippen LogP contribution in [0, 0.1) is 5.82 Å². The van der Waals surface area contributed by atoms with Crippen LogP contribution in [0.15, 0.2) is 59.3 Å². The van der Waals surface area contributed by atoms with E-state index in [-0.39, 0.29) is 16.2 Å². The third-order valence-electron chi connectivity index (χ3n) is 4.39. The van der Waals surface area contributed by atoms with Crippen LogP contribution < -0.4 is 9.64 Å². The number of halogens is 2. The van der Waals surface area contributed by atoms with Crippen molar-refractivity contribution in [1.29, 1.82) is 0 Å². The third-order valence-corrected chi connectivity index (χ3v) is 4.68. The highest BCUT2D eigenvalue weighted by molar-refractivity contribution is 6.31. The highest BCUT2D eigenvalue weighted by atomic mass is 35.5. The Balaban J connectivity index is 2.18. The predicted octanol–water partition coefficient (Wildman–Crippen LogP) is 4.36. The molecule has 0 bridgehead atoms. The van der Waals surface area contributed by atoms with Gasteiger partial charge in [-0.15, -0.1) is 0 Å². The quantitative estimate of drug-likeness (QED) is 0.564. The fourth-order valence-electron chi connectivity index (χ4n) is 3.06. The van der Waals surface area contributed by atoms with Gasteiger partial charge in [0.1, 0.15) is 11.6 Å². The van der Waals surface area contributed by atoms with Crippen LogP contribution in [-0.4, -0.2) is 26.1 Å². The topological polar surface area (TPSA) is 55.8 Å². The van der Waals surface area contributed by atoms with E-state index in [4.69, 9.17) is 21.1 Å². The molecule has 0 saturated carbocycles. The molecule has 0 atom stereocenters. The summed E-state index contributed by atoms with van der Waals surface area (Å²) in [5.74, 6) is -1.15. The number of para-hydroxylation sites is 1. The van der Waals surface area contributed by atoms with Gasteiger partial charge in [0.15, 0.2) is 0 Å². The third kappa shape index (κ3) is 3.39. The van der Waals surface area contributed by atoms with E-state index in [1.165, 1.54) is 31.3 Å². The summed E-state index contributed by atoms with van der Waals surface area (Å²) >= 11 is 5.87. The van der Waals surface area contributed by atoms with E-state index in [1.807, 2.05) is 0 Å². The maximum Gasteiger partial charge on any atom is 0.340 e. The van der Waals surface area contributed by atoms with Gasteiger partial charge in [-0.3, -0.25) is 9.69 Å². The van der Waals surface area contributed by atoms with E-state index in [0.29, 0.717) is 22.7 Å². The van der Waals surface area contributed by atoms with Gasteiger partial charge < -0.3 is 9.47 Å². The first-order valence-electron chi connectivity index (χ1n) is 8.32. The van der Waals surface area contributed by atoms with Crippen molar-refractivity contribution in [2.45, 2.75) is 6.92 Å². The number of methoxy groups -OCH3 is 2. The molecule has 144 valence electrons. The molecule has 2 aromatic carbocycles. The molecule has 0 saturated heterocycles. The van der Waals surface area contributed by atoms with Crippen LogP contribution in [0.2, 0.25) is 5.02 Å². The molecule has 5 nitrogen and oxygen atoms in total. The van der Waals surface area contributed by atoms with E-state index in [9.17, 15) is 14.0 Å². The second kappa shape index (κ2) is 7.86. The molecule has 0 unspecified atom stereocenters. The number of amides is 1. The minimum Gasteiger partial charge on any atom is -0.496 e. The molecule has 1 amide bonds. The zero-order valence-corrected chi connectivity index (χ0v) is 16.2. The standard InChI is InChI=1S/C21H17ClFNO4/c1-12-19(21(26)28-3)15(10-13-6-4-5-7-18(13)27-2)20(25)24(12)14-8-9-17(23)16(22)11-14/h4-11H,1-3H3/b15-10-. The molecule has 3 rings (SSSR count). The van der Waals surface area contributed by atoms with Gasteiger partial charge in [-0.05, 0) is 37.3 Å². The lowest BCUT2D eigenvalue weighted by atomic mass is 10.0. The molecule has 0 N–H and O–H groups in total. The number of hydrogen-bond acceptors (Lipinski definition) is 4. The molecule has 28 heavy (non-hydrogen) atoms. The number of carbonyl (C=O) groups is 2. The minimum absolute atomic E-state index is 0.124. The summed E-state index contributed by atoms with van der Waals surface area (Å²) in [6.07, 6.45) is 1.57. The van der Waals surface area contributed by atoms with Gasteiger partial charge in [0, 0.05) is 11.3 Å². The Morgan fingerprint density at radius 2 is 1.89 bits per heavy atom. The lowest BCUT2D eigenvalue weighted by Gasteiger charge is -2.18. The van der Waals surface area contributed by atoms with Crippen LogP contribution in [0.25, 0.3) is 6.08 Å². The largest absolute Gasteiger partial charge is 0.496 e. The second-order valence-corrected chi connectivity index (χ2v) is 6.40. The van der Waals surface area contributed by atoms with Gasteiger partial charge in [0.25, 0.3) is 5.91 Å². The average molecular weight is 402 g/mol. The van der Waals surface area contributed by atoms with Crippen LogP contribution in [0.1, 0.15) is 12.5 Å². The van der Waals surface area contributed by atoms with Crippen molar-refractivity contribution in [1.82, 2.24) is 0 Å². The van der Waals surface area contributed by atoms with Crippen LogP contribution in [0.3, 0.4) is 0 Å². The van der Waals surface area contributed by atoms with Crippen LogP contribution in [0.5, 0.6) is 5.75 Å². The van der Waals surface area contributed by atoms with Gasteiger partial charge in [0.05, 0.1) is 36.1 Å². The smallest absolute Gasteiger partial charge is 0.340 e. The van der Waals surface area contributed by atoms with E-state index in [2.05, 4.69) is 0 Å². The second-order valence-electron chi connectivity index (χ2n) is 5.99. The Morgan fingerprint density at radius 1 is 1.18 bits per heavy atom. The average Bonchev–Trinajstić information content (AvgIpc) is 2.94. The molecule has 0 fully saturated rings. The summed E-state index contributed by atoms with van der Waals surface area (Å²) in [6.45, 7) is 1.62. The van der Waals surface area contributed by atoms with Gasteiger partial charge >= 0.3 is 5.97 Å². The summed E-state index contributed by atoms with van der Waals surface area (Å²) in [6, 6.07) is 11.0. The van der Waals surface area contributed by atoms with Crippen molar-refractivity contribution >= 4 is 35.2 Å². The molecule has 0 radical (unpaired) electrons. The van der Waals surface area contributed by atoms with Crippen molar-refractivity contribution in [3.8, 4) is 5.75 Å². The maximum atomic E-state index is 13.5. The molecule has 0 aromatic heterocycles. The minimum atomic E-state index is -0.650. The summed E-state index contributed by atoms with van der Waals surface area (Å²) in [7, 11) is 2.76. The summed E-state index contributed by atoms with van der Waals surface area (Å²) < 4.78 is 23.7. The number of esters is 1. The van der Waals surface area contributed by atoms with Gasteiger partial charge in [-0.2, -0.15) is 0 Å². The predicted molar refractivity (Wildman–Crippen MR) is 105 cm³/mol. The molecule has 1 aliphatic heterocycles. The molecular formula is C21H17ClFNO4. The number of ether oxygens (including phenoxy) is 2. The molecule has 1 heterocycles. The van der Waals surface area contributed by atoms with Gasteiger partial charge in [-0.1, -0.05) is 29.8 Å². The first kappa shape index (κ1) is 19.6. The summed E-state index contributed by atoms with van der Waals surface area (Å²) in [5, 5.41) is -0.125. The Bertz CT molecular complexity index is 1030. The summed E-state index contributed by atoms with van der Waals surface area (Å²) in [5.41, 5.74) is 1.61. The van der Waals surface area contributed by atoms with Crippen molar-refractivity contribution in [3.63, 3.8) is 0 Å². The SMILES string of the molecule is COC(=O)C1=C(C)N(c2ccc(F)c(Cl)c2)C(=O)/C1=C\c1ccccc1OC. The highest BCUT2D eigenvalue weighted by Gasteiger charge is 2.38. The number of rotatable bonds is 4. The fraction of sp³-hybridized carbons (Fsp3) is 0.143. The van der Waals surface area contributed by atoms with E-state index < -0.39 is 17.7 Å². The molecule has 1 aliphatic rings. The first-order valence-corrected chi connectivity index (χ1v) is 8.70. The first-order chi connectivity index (χ1) is 13.4. The number of carbonyl (C=O) groups excluding carboxylic acids is 2. The lowest BCUT2D eigenvalue weighted by molar-refractivity contribution is -0.136. The van der Waals surface area contributed by atoms with Crippen LogP contribution in [0.4, 0.5) is 10.1 Å². The zero-order chi connectivity index (χ0) is 20.4. The molecule has 7 heteroatoms. The normalized spacial score (nSPS) is 15.4. The number of hydrogen-bond donors (Lipinski definition) is 0. The van der Waals surface area contributed by atoms with Gasteiger partial charge in [-0.25, -0.2) is 9.18 Å². The number of allylic oxidation sites excluding steroid dienone is 1. The van der Waals surface area contributed by atoms with Crippen LogP contribution >= 0.6 is 11.6 Å². The van der Waals surface area contributed by atoms with Crippen molar-refractivity contribution < 1.29 is 23.5 Å². The maximum absolute atomic E-state index is 13.5. The molecular weight excluding hydrogens is 385 g/mol. The summed E-state index contributed by atoms with van der Waals surface area (Å²) in [4.78, 5) is 26.9. The number of nitrogens with zero attached hydrogens (tertiary/aromatic N) is 1. The number of anilines is 1. The van der Waals surface area contributed by atoms with Crippen LogP contribution in [-0.2, 0) is 14.3 Å². The monoisotopic (exact) mass is 401 g/mol. The zero-order valence-electron chi connectivity index (χ0n) is 15.5. The lowest BCUT2D eigenvalue weighted by Crippen LogP contribution is -2.24. The van der Waals surface area contributed by atoms with E-state index in [1.54, 1.807) is 37.3 Å². The van der Waals surface area contributed by atoms with E-state index >= 15 is 0 Å². The molecule has 0 spiro atoms. The Morgan fingerprint density at radius 3 is 2.54 bits per heavy atom. The Labute approximate surface area is 166 Å². The van der Waals surface area contributed by atoms with Crippen molar-refractivity contribution in [3.05, 3.63) is 75.7 Å². The fourth-order valence-corrected chi connectivity index (χ4v) is 3.23. The van der Waals surface area contributed by atoms with Crippen molar-refractivity contribution in [2.24, 2.45) is 0 Å². The Kier molecular flexibility index (Phi) is 5.51. The highest BCUT2D eigenvalue weighted by Crippen LogP contribution is 2.37. The number of benzene rings is 2. The van der Waals surface area contributed by atoms with Gasteiger partial charge in [0.2, 0.25) is 0 Å². The molecule has 0 aliphatic carbocycles. The molecule has 2 aromatic rings. The van der Waals surface area contributed by atoms with Crippen molar-refractivity contribution in [2.75, 3.05) is 19.1 Å². The Hall–Kier alpha value is -3.12. The van der Waals surface area contributed by atoms with E-state index in [0.717, 1.165) is 6.07 Å².